The first-order valence-electron chi connectivity index (χ1n) is 6.41. The normalized spacial score (nSPS) is 10.5. The number of aromatic nitrogens is 2. The average Bonchev–Trinajstić information content (AvgIpc) is 2.53. The van der Waals surface area contributed by atoms with Gasteiger partial charge in [0.15, 0.2) is 5.75 Å². The molecule has 21 heavy (non-hydrogen) atoms. The van der Waals surface area contributed by atoms with Gasteiger partial charge in [0.25, 0.3) is 0 Å². The Balaban J connectivity index is 2.02. The lowest BCUT2D eigenvalue weighted by Gasteiger charge is -2.10. The molecule has 0 aliphatic heterocycles. The average molecular weight is 280 g/mol. The molecule has 0 spiro atoms. The van der Waals surface area contributed by atoms with E-state index in [1.54, 1.807) is 12.1 Å². The highest BCUT2D eigenvalue weighted by Gasteiger charge is 2.18. The van der Waals surface area contributed by atoms with Crippen LogP contribution >= 0.6 is 0 Å². The lowest BCUT2D eigenvalue weighted by Crippen LogP contribution is -2.08. The standard InChI is InChI=1S/C16H12N2O3/c19-16(20)14-15(21-10-11-6-2-1-3-7-11)12-8-4-5-9-13(12)17-18-14/h1-9H,10H2,(H,19,20). The molecule has 1 aromatic heterocycles. The third-order valence-corrected chi connectivity index (χ3v) is 3.05. The molecule has 0 amide bonds. The maximum atomic E-state index is 11.3. The first-order chi connectivity index (χ1) is 10.3. The molecule has 1 heterocycles. The Morgan fingerprint density at radius 2 is 1.71 bits per heavy atom. The molecule has 0 saturated heterocycles. The van der Waals surface area contributed by atoms with Crippen molar-refractivity contribution in [1.82, 2.24) is 10.2 Å². The number of fused-ring (bicyclic) bond motifs is 1. The van der Waals surface area contributed by atoms with Gasteiger partial charge in [-0.15, -0.1) is 10.2 Å². The maximum Gasteiger partial charge on any atom is 0.360 e. The maximum absolute atomic E-state index is 11.3. The van der Waals surface area contributed by atoms with Crippen molar-refractivity contribution in [1.29, 1.82) is 0 Å². The predicted molar refractivity (Wildman–Crippen MR) is 77.3 cm³/mol. The number of carboxylic acid groups (broad SMARTS) is 1. The van der Waals surface area contributed by atoms with Crippen LogP contribution in [-0.2, 0) is 6.61 Å². The highest BCUT2D eigenvalue weighted by Crippen LogP contribution is 2.27. The molecule has 0 unspecified atom stereocenters. The number of nitrogens with zero attached hydrogens (tertiary/aromatic N) is 2. The van der Waals surface area contributed by atoms with Gasteiger partial charge in [-0.2, -0.15) is 0 Å². The molecule has 2 aromatic carbocycles. The van der Waals surface area contributed by atoms with Gasteiger partial charge in [-0.05, 0) is 17.7 Å². The Labute approximate surface area is 120 Å². The van der Waals surface area contributed by atoms with Crippen molar-refractivity contribution in [3.05, 3.63) is 65.9 Å². The monoisotopic (exact) mass is 280 g/mol. The fourth-order valence-electron chi connectivity index (χ4n) is 2.05. The van der Waals surface area contributed by atoms with Crippen LogP contribution < -0.4 is 4.74 Å². The molecule has 0 radical (unpaired) electrons. The second-order valence-electron chi connectivity index (χ2n) is 4.47. The summed E-state index contributed by atoms with van der Waals surface area (Å²) in [6.07, 6.45) is 0. The molecule has 5 heteroatoms. The fourth-order valence-corrected chi connectivity index (χ4v) is 2.05. The van der Waals surface area contributed by atoms with Crippen LogP contribution in [0.3, 0.4) is 0 Å². The minimum atomic E-state index is -1.16. The molecule has 1 N–H and O–H groups in total. The van der Waals surface area contributed by atoms with E-state index in [0.29, 0.717) is 10.9 Å². The van der Waals surface area contributed by atoms with Crippen LogP contribution in [-0.4, -0.2) is 21.3 Å². The summed E-state index contributed by atoms with van der Waals surface area (Å²) in [6.45, 7) is 0.275. The molecule has 0 aliphatic rings. The smallest absolute Gasteiger partial charge is 0.360 e. The topological polar surface area (TPSA) is 72.3 Å². The number of carbonyl (C=O) groups is 1. The zero-order valence-electron chi connectivity index (χ0n) is 11.1. The van der Waals surface area contributed by atoms with Crippen LogP contribution in [0.5, 0.6) is 5.75 Å². The number of carboxylic acids is 1. The van der Waals surface area contributed by atoms with Crippen molar-refractivity contribution < 1.29 is 14.6 Å². The number of rotatable bonds is 4. The second-order valence-corrected chi connectivity index (χ2v) is 4.47. The van der Waals surface area contributed by atoms with E-state index >= 15 is 0 Å². The van der Waals surface area contributed by atoms with Gasteiger partial charge in [0.1, 0.15) is 6.61 Å². The third-order valence-electron chi connectivity index (χ3n) is 3.05. The first kappa shape index (κ1) is 13.1. The van der Waals surface area contributed by atoms with E-state index in [2.05, 4.69) is 10.2 Å². The number of hydrogen-bond donors (Lipinski definition) is 1. The third kappa shape index (κ3) is 2.67. The van der Waals surface area contributed by atoms with Crippen molar-refractivity contribution in [3.63, 3.8) is 0 Å². The van der Waals surface area contributed by atoms with E-state index in [1.165, 1.54) is 0 Å². The van der Waals surface area contributed by atoms with Crippen molar-refractivity contribution in [2.75, 3.05) is 0 Å². The Hall–Kier alpha value is -2.95. The largest absolute Gasteiger partial charge is 0.486 e. The van der Waals surface area contributed by atoms with Crippen molar-refractivity contribution in [2.24, 2.45) is 0 Å². The van der Waals surface area contributed by atoms with Gasteiger partial charge in [0.05, 0.1) is 5.52 Å². The highest BCUT2D eigenvalue weighted by molar-refractivity contribution is 5.96. The molecule has 3 rings (SSSR count). The Kier molecular flexibility index (Phi) is 3.47. The van der Waals surface area contributed by atoms with Gasteiger partial charge in [-0.3, -0.25) is 0 Å². The molecule has 0 aliphatic carbocycles. The Morgan fingerprint density at radius 3 is 2.48 bits per heavy atom. The lowest BCUT2D eigenvalue weighted by molar-refractivity contribution is 0.0684. The molecular weight excluding hydrogens is 268 g/mol. The summed E-state index contributed by atoms with van der Waals surface area (Å²) >= 11 is 0. The number of aromatic carboxylic acids is 1. The van der Waals surface area contributed by atoms with Crippen LogP contribution in [0.15, 0.2) is 54.6 Å². The van der Waals surface area contributed by atoms with Crippen LogP contribution in [0.1, 0.15) is 16.1 Å². The molecule has 0 saturated carbocycles. The van der Waals surface area contributed by atoms with E-state index in [-0.39, 0.29) is 18.1 Å². The van der Waals surface area contributed by atoms with Gasteiger partial charge in [0.2, 0.25) is 5.69 Å². The Morgan fingerprint density at radius 1 is 1.00 bits per heavy atom. The quantitative estimate of drug-likeness (QED) is 0.795. The lowest BCUT2D eigenvalue weighted by atomic mass is 10.2. The minimum Gasteiger partial charge on any atom is -0.486 e. The van der Waals surface area contributed by atoms with Crippen molar-refractivity contribution in [3.8, 4) is 5.75 Å². The summed E-state index contributed by atoms with van der Waals surface area (Å²) in [5.41, 5.74) is 1.38. The molecule has 5 nitrogen and oxygen atoms in total. The molecule has 0 bridgehead atoms. The van der Waals surface area contributed by atoms with Gasteiger partial charge in [-0.1, -0.05) is 42.5 Å². The van der Waals surface area contributed by atoms with Crippen molar-refractivity contribution in [2.45, 2.75) is 6.61 Å². The highest BCUT2D eigenvalue weighted by atomic mass is 16.5. The predicted octanol–water partition coefficient (Wildman–Crippen LogP) is 2.91. The summed E-state index contributed by atoms with van der Waals surface area (Å²) < 4.78 is 5.71. The van der Waals surface area contributed by atoms with Crippen LogP contribution in [0.4, 0.5) is 0 Å². The van der Waals surface area contributed by atoms with E-state index in [9.17, 15) is 9.90 Å². The molecular formula is C16H12N2O3. The molecule has 104 valence electrons. The summed E-state index contributed by atoms with van der Waals surface area (Å²) in [5.74, 6) is -0.909. The van der Waals surface area contributed by atoms with E-state index in [0.717, 1.165) is 5.56 Å². The summed E-state index contributed by atoms with van der Waals surface area (Å²) in [4.78, 5) is 11.3. The van der Waals surface area contributed by atoms with E-state index < -0.39 is 5.97 Å². The fraction of sp³-hybridized carbons (Fsp3) is 0.0625. The van der Waals surface area contributed by atoms with Gasteiger partial charge < -0.3 is 9.84 Å². The van der Waals surface area contributed by atoms with Gasteiger partial charge >= 0.3 is 5.97 Å². The second kappa shape index (κ2) is 5.58. The number of hydrogen-bond acceptors (Lipinski definition) is 4. The first-order valence-corrected chi connectivity index (χ1v) is 6.41. The molecule has 3 aromatic rings. The molecule has 0 atom stereocenters. The summed E-state index contributed by atoms with van der Waals surface area (Å²) in [5, 5.41) is 17.5. The van der Waals surface area contributed by atoms with Crippen molar-refractivity contribution >= 4 is 16.9 Å². The number of ether oxygens (including phenoxy) is 1. The van der Waals surface area contributed by atoms with Gasteiger partial charge in [0, 0.05) is 5.39 Å². The van der Waals surface area contributed by atoms with E-state index in [4.69, 9.17) is 4.74 Å². The SMILES string of the molecule is O=C(O)c1nnc2ccccc2c1OCc1ccccc1. The van der Waals surface area contributed by atoms with Crippen LogP contribution in [0, 0.1) is 0 Å². The zero-order valence-corrected chi connectivity index (χ0v) is 11.1. The minimum absolute atomic E-state index is 0.176. The zero-order chi connectivity index (χ0) is 14.7. The number of benzene rings is 2. The van der Waals surface area contributed by atoms with E-state index in [1.807, 2.05) is 42.5 Å². The van der Waals surface area contributed by atoms with Crippen LogP contribution in [0.25, 0.3) is 10.9 Å². The summed E-state index contributed by atoms with van der Waals surface area (Å²) in [6, 6.07) is 16.7. The molecule has 0 fully saturated rings. The van der Waals surface area contributed by atoms with Crippen LogP contribution in [0.2, 0.25) is 0 Å². The Bertz CT molecular complexity index is 788. The summed E-state index contributed by atoms with van der Waals surface area (Å²) in [7, 11) is 0. The van der Waals surface area contributed by atoms with Gasteiger partial charge in [-0.25, -0.2) is 4.79 Å².